The van der Waals surface area contributed by atoms with Gasteiger partial charge in [0.05, 0.1) is 5.75 Å². The minimum absolute atomic E-state index is 0.140. The van der Waals surface area contributed by atoms with E-state index in [0.29, 0.717) is 0 Å². The van der Waals surface area contributed by atoms with Crippen LogP contribution in [-0.2, 0) is 9.84 Å². The van der Waals surface area contributed by atoms with Gasteiger partial charge in [0, 0.05) is 5.69 Å². The first-order valence-corrected chi connectivity index (χ1v) is 6.36. The van der Waals surface area contributed by atoms with Crippen LogP contribution in [0, 0.1) is 17.6 Å². The maximum Gasteiger partial charge on any atom is 0.184 e. The molecule has 3 nitrogen and oxygen atoms in total. The Labute approximate surface area is 93.2 Å². The van der Waals surface area contributed by atoms with Gasteiger partial charge in [0.15, 0.2) is 9.84 Å². The van der Waals surface area contributed by atoms with Crippen LogP contribution < -0.4 is 5.73 Å². The summed E-state index contributed by atoms with van der Waals surface area (Å²) in [5.41, 5.74) is 5.06. The fourth-order valence-corrected chi connectivity index (χ4v) is 3.16. The van der Waals surface area contributed by atoms with Crippen molar-refractivity contribution < 1.29 is 17.2 Å². The van der Waals surface area contributed by atoms with Gasteiger partial charge < -0.3 is 5.73 Å². The molecular formula is C10H13F2NO2S. The lowest BCUT2D eigenvalue weighted by Crippen LogP contribution is -2.15. The van der Waals surface area contributed by atoms with Crippen LogP contribution in [0.2, 0.25) is 0 Å². The number of sulfone groups is 1. The lowest BCUT2D eigenvalue weighted by Gasteiger charge is -2.09. The number of hydrogen-bond acceptors (Lipinski definition) is 3. The van der Waals surface area contributed by atoms with Gasteiger partial charge in [-0.25, -0.2) is 17.2 Å². The third-order valence-electron chi connectivity index (χ3n) is 1.88. The second-order valence-corrected chi connectivity index (χ2v) is 5.96. The molecule has 6 heteroatoms. The van der Waals surface area contributed by atoms with Gasteiger partial charge in [-0.15, -0.1) is 0 Å². The summed E-state index contributed by atoms with van der Waals surface area (Å²) in [4.78, 5) is -0.893. The Balaban J connectivity index is 3.34. The highest BCUT2D eigenvalue weighted by molar-refractivity contribution is 7.91. The molecule has 0 radical (unpaired) electrons. The predicted octanol–water partition coefficient (Wildman–Crippen LogP) is 1.98. The Morgan fingerprint density at radius 3 is 2.06 bits per heavy atom. The molecular weight excluding hydrogens is 236 g/mol. The van der Waals surface area contributed by atoms with E-state index in [4.69, 9.17) is 5.73 Å². The average Bonchev–Trinajstić information content (AvgIpc) is 1.96. The van der Waals surface area contributed by atoms with Crippen molar-refractivity contribution in [1.82, 2.24) is 0 Å². The van der Waals surface area contributed by atoms with E-state index in [1.807, 2.05) is 0 Å². The van der Waals surface area contributed by atoms with Crippen LogP contribution >= 0.6 is 0 Å². The zero-order valence-electron chi connectivity index (χ0n) is 9.00. The number of rotatable bonds is 3. The molecule has 0 amide bonds. The number of nitrogen functional groups attached to an aromatic ring is 1. The summed E-state index contributed by atoms with van der Waals surface area (Å²) in [7, 11) is -3.94. The first-order valence-electron chi connectivity index (χ1n) is 4.71. The largest absolute Gasteiger partial charge is 0.399 e. The van der Waals surface area contributed by atoms with Crippen molar-refractivity contribution in [1.29, 1.82) is 0 Å². The minimum atomic E-state index is -3.94. The molecule has 0 aliphatic rings. The van der Waals surface area contributed by atoms with Crippen molar-refractivity contribution in [2.45, 2.75) is 18.7 Å². The third-order valence-corrected chi connectivity index (χ3v) is 4.00. The number of anilines is 1. The van der Waals surface area contributed by atoms with Crippen molar-refractivity contribution in [2.75, 3.05) is 11.5 Å². The molecule has 0 atom stereocenters. The summed E-state index contributed by atoms with van der Waals surface area (Å²) in [6, 6.07) is 1.60. The Bertz CT molecular complexity index is 475. The normalized spacial score (nSPS) is 12.1. The number of hydrogen-bond donors (Lipinski definition) is 1. The van der Waals surface area contributed by atoms with E-state index in [-0.39, 0.29) is 17.4 Å². The van der Waals surface area contributed by atoms with E-state index >= 15 is 0 Å². The van der Waals surface area contributed by atoms with E-state index in [0.717, 1.165) is 12.1 Å². The molecule has 0 unspecified atom stereocenters. The van der Waals surface area contributed by atoms with Gasteiger partial charge in [-0.05, 0) is 18.1 Å². The van der Waals surface area contributed by atoms with Crippen molar-refractivity contribution in [3.05, 3.63) is 23.8 Å². The van der Waals surface area contributed by atoms with Crippen LogP contribution in [-0.4, -0.2) is 14.2 Å². The molecule has 16 heavy (non-hydrogen) atoms. The SMILES string of the molecule is CC(C)CS(=O)(=O)c1c(F)cc(N)cc1F. The summed E-state index contributed by atoms with van der Waals surface area (Å²) in [6.45, 7) is 3.31. The second-order valence-electron chi connectivity index (χ2n) is 3.99. The molecule has 0 aromatic heterocycles. The van der Waals surface area contributed by atoms with Crippen LogP contribution in [0.4, 0.5) is 14.5 Å². The van der Waals surface area contributed by atoms with Crippen molar-refractivity contribution in [2.24, 2.45) is 5.92 Å². The molecule has 0 fully saturated rings. The zero-order chi connectivity index (χ0) is 12.5. The maximum absolute atomic E-state index is 13.4. The summed E-state index contributed by atoms with van der Waals surface area (Å²) >= 11 is 0. The monoisotopic (exact) mass is 249 g/mol. The Morgan fingerprint density at radius 1 is 1.25 bits per heavy atom. The fraction of sp³-hybridized carbons (Fsp3) is 0.400. The van der Waals surface area contributed by atoms with Gasteiger partial charge in [-0.1, -0.05) is 13.8 Å². The highest BCUT2D eigenvalue weighted by Gasteiger charge is 2.25. The highest BCUT2D eigenvalue weighted by Crippen LogP contribution is 2.23. The Morgan fingerprint density at radius 2 is 1.69 bits per heavy atom. The highest BCUT2D eigenvalue weighted by atomic mass is 32.2. The third kappa shape index (κ3) is 2.69. The molecule has 90 valence electrons. The quantitative estimate of drug-likeness (QED) is 0.833. The standard InChI is InChI=1S/C10H13F2NO2S/c1-6(2)5-16(14,15)10-8(11)3-7(13)4-9(10)12/h3-4,6H,5,13H2,1-2H3. The van der Waals surface area contributed by atoms with E-state index < -0.39 is 26.4 Å². The average molecular weight is 249 g/mol. The maximum atomic E-state index is 13.4. The topological polar surface area (TPSA) is 60.2 Å². The summed E-state index contributed by atoms with van der Waals surface area (Å²) in [6.07, 6.45) is 0. The van der Waals surface area contributed by atoms with Gasteiger partial charge in [-0.3, -0.25) is 0 Å². The molecule has 0 bridgehead atoms. The fourth-order valence-electron chi connectivity index (χ4n) is 1.40. The minimum Gasteiger partial charge on any atom is -0.399 e. The van der Waals surface area contributed by atoms with Crippen molar-refractivity contribution >= 4 is 15.5 Å². The second kappa shape index (κ2) is 4.37. The van der Waals surface area contributed by atoms with Crippen LogP contribution in [0.15, 0.2) is 17.0 Å². The van der Waals surface area contributed by atoms with E-state index in [1.165, 1.54) is 0 Å². The lowest BCUT2D eigenvalue weighted by atomic mass is 10.3. The molecule has 0 saturated carbocycles. The summed E-state index contributed by atoms with van der Waals surface area (Å²) < 4.78 is 50.1. The lowest BCUT2D eigenvalue weighted by molar-refractivity contribution is 0.516. The van der Waals surface area contributed by atoms with Crippen LogP contribution in [0.1, 0.15) is 13.8 Å². The first kappa shape index (κ1) is 12.9. The molecule has 1 aromatic carbocycles. The predicted molar refractivity (Wildman–Crippen MR) is 57.7 cm³/mol. The summed E-state index contributed by atoms with van der Waals surface area (Å²) in [5.74, 6) is -2.79. The molecule has 1 rings (SSSR count). The van der Waals surface area contributed by atoms with E-state index in [2.05, 4.69) is 0 Å². The van der Waals surface area contributed by atoms with Crippen LogP contribution in [0.25, 0.3) is 0 Å². The van der Waals surface area contributed by atoms with Gasteiger partial charge >= 0.3 is 0 Å². The first-order chi connectivity index (χ1) is 7.24. The van der Waals surface area contributed by atoms with Gasteiger partial charge in [0.25, 0.3) is 0 Å². The molecule has 0 aliphatic carbocycles. The smallest absolute Gasteiger partial charge is 0.184 e. The van der Waals surface area contributed by atoms with Gasteiger partial charge in [-0.2, -0.15) is 0 Å². The van der Waals surface area contributed by atoms with E-state index in [1.54, 1.807) is 13.8 Å². The van der Waals surface area contributed by atoms with Crippen molar-refractivity contribution in [3.8, 4) is 0 Å². The Hall–Kier alpha value is -1.17. The Kier molecular flexibility index (Phi) is 3.52. The van der Waals surface area contributed by atoms with E-state index in [9.17, 15) is 17.2 Å². The number of halogens is 2. The van der Waals surface area contributed by atoms with Gasteiger partial charge in [0.1, 0.15) is 16.5 Å². The summed E-state index contributed by atoms with van der Waals surface area (Å²) in [5, 5.41) is 0. The molecule has 1 aromatic rings. The zero-order valence-corrected chi connectivity index (χ0v) is 9.81. The molecule has 0 spiro atoms. The molecule has 0 heterocycles. The molecule has 0 saturated heterocycles. The molecule has 2 N–H and O–H groups in total. The molecule has 0 aliphatic heterocycles. The number of nitrogens with two attached hydrogens (primary N) is 1. The number of benzene rings is 1. The van der Waals surface area contributed by atoms with Crippen molar-refractivity contribution in [3.63, 3.8) is 0 Å². The van der Waals surface area contributed by atoms with Gasteiger partial charge in [0.2, 0.25) is 0 Å². The van der Waals surface area contributed by atoms with Crippen LogP contribution in [0.3, 0.4) is 0 Å². The van der Waals surface area contributed by atoms with Crippen LogP contribution in [0.5, 0.6) is 0 Å².